The number of hydrogen-bond acceptors (Lipinski definition) is 13. The van der Waals surface area contributed by atoms with E-state index in [2.05, 4.69) is 272 Å². The molecule has 0 aliphatic carbocycles. The summed E-state index contributed by atoms with van der Waals surface area (Å²) in [5, 5.41) is 25.3. The normalized spacial score (nSPS) is 13.1. The first-order valence-electron chi connectivity index (χ1n) is 32.6. The molecule has 13 aromatic carbocycles. The standard InChI is InChI=1S/C82H53B3N8O3S2/c1-97-92-70-47-68-62(83-65-37-51(49-86)33-35-74(65)94-77-42-59(39-69(88-68)80(77)83)89(53-21-9-3-10-22-53)54-23-11-4-12-24-54)45-63(70)85-67-46-64-71(48-76(67)96-79-44-61(40-72(92)82(79)85)91(57-29-17-7-18-30-57)58-31-19-8-20-32-58)93(98-2)73-41-60(90(55-25-13-5-14-26-55)56-27-15-6-16-28-56)43-78-81(73)84(64)66-38-52(50-87)34-36-75(66)95-78/h3-48,88H,1-2H3. The molecule has 6 aliphatic rings. The third kappa shape index (κ3) is 8.95. The molecule has 0 radical (unpaired) electrons. The summed E-state index contributed by atoms with van der Waals surface area (Å²) in [6.45, 7) is -1.05. The Kier molecular flexibility index (Phi) is 13.4. The SMILES string of the molecule is CSN1c2cc3c(cc2B2c4cc5c(cc4Oc4cc(N(c6ccccc6)c6ccccc6)cc1c42)N(SC)c1cc(N(c2ccccc2)c2ccccc2)cc2c1B5c1cc(C#N)ccc1O2)B1c2cc(C#N)ccc2Oc2cc(N(c4ccccc4)c4ccccc4)cc(c21)N3. The number of ether oxygens (including phenoxy) is 3. The summed E-state index contributed by atoms with van der Waals surface area (Å²) < 4.78 is 26.6. The van der Waals surface area contributed by atoms with Crippen LogP contribution in [0.15, 0.2) is 279 Å². The summed E-state index contributed by atoms with van der Waals surface area (Å²) in [5.74, 6) is 4.35. The van der Waals surface area contributed by atoms with Crippen LogP contribution < -0.4 is 92.0 Å². The summed E-state index contributed by atoms with van der Waals surface area (Å²) in [4.78, 5) is 6.86. The molecule has 13 aromatic rings. The Morgan fingerprint density at radius 2 is 0.653 bits per heavy atom. The number of nitrogens with zero attached hydrogens (tertiary/aromatic N) is 7. The molecule has 0 unspecified atom stereocenters. The fourth-order valence-electron chi connectivity index (χ4n) is 15.7. The van der Waals surface area contributed by atoms with Gasteiger partial charge in [0.25, 0.3) is 20.1 Å². The molecule has 98 heavy (non-hydrogen) atoms. The van der Waals surface area contributed by atoms with Crippen molar-refractivity contribution in [2.75, 3.05) is 41.1 Å². The van der Waals surface area contributed by atoms with E-state index in [-0.39, 0.29) is 20.1 Å². The molecular formula is C82H53B3N8O3S2. The van der Waals surface area contributed by atoms with E-state index in [0.717, 1.165) is 157 Å². The average Bonchev–Trinajstić information content (AvgIpc) is 0.687. The maximum absolute atomic E-state index is 10.7. The highest BCUT2D eigenvalue weighted by Gasteiger charge is 2.49. The molecule has 0 saturated heterocycles. The predicted molar refractivity (Wildman–Crippen MR) is 407 cm³/mol. The van der Waals surface area contributed by atoms with Crippen LogP contribution in [0.25, 0.3) is 0 Å². The number of para-hydroxylation sites is 6. The minimum Gasteiger partial charge on any atom is -0.458 e. The second-order valence-corrected chi connectivity index (χ2v) is 26.5. The Bertz CT molecular complexity index is 5420. The molecule has 0 bridgehead atoms. The first-order chi connectivity index (χ1) is 48.4. The number of hydrogen-bond donors (Lipinski definition) is 1. The van der Waals surface area contributed by atoms with Crippen LogP contribution in [0.5, 0.6) is 34.5 Å². The maximum Gasteiger partial charge on any atom is 0.256 e. The molecule has 0 aromatic heterocycles. The van der Waals surface area contributed by atoms with Gasteiger partial charge in [0.15, 0.2) is 0 Å². The van der Waals surface area contributed by atoms with Crippen molar-refractivity contribution < 1.29 is 14.2 Å². The molecular weight excluding hydrogens is 1240 g/mol. The molecule has 0 amide bonds. The van der Waals surface area contributed by atoms with Crippen molar-refractivity contribution in [2.24, 2.45) is 0 Å². The van der Waals surface area contributed by atoms with E-state index in [1.54, 1.807) is 23.9 Å². The number of nitrogens with one attached hydrogen (secondary N) is 1. The fraction of sp³-hybridized carbons (Fsp3) is 0.0244. The van der Waals surface area contributed by atoms with Gasteiger partial charge in [-0.2, -0.15) is 10.5 Å². The molecule has 19 rings (SSSR count). The summed E-state index contributed by atoms with van der Waals surface area (Å²) in [6, 6.07) is 102. The van der Waals surface area contributed by atoms with Gasteiger partial charge in [-0.3, -0.25) is 8.61 Å². The Morgan fingerprint density at radius 3 is 1.05 bits per heavy atom. The third-order valence-corrected chi connectivity index (χ3v) is 21.3. The van der Waals surface area contributed by atoms with Gasteiger partial charge in [-0.05, 0) is 207 Å². The lowest BCUT2D eigenvalue weighted by atomic mass is 9.29. The summed E-state index contributed by atoms with van der Waals surface area (Å²) in [7, 11) is 0. The maximum atomic E-state index is 10.7. The van der Waals surface area contributed by atoms with Crippen LogP contribution in [0.2, 0.25) is 0 Å². The van der Waals surface area contributed by atoms with Gasteiger partial charge in [-0.1, -0.05) is 121 Å². The minimum absolute atomic E-state index is 0.337. The lowest BCUT2D eigenvalue weighted by molar-refractivity contribution is 0.487. The van der Waals surface area contributed by atoms with Crippen LogP contribution in [0.4, 0.5) is 85.3 Å². The second-order valence-electron chi connectivity index (χ2n) is 25.0. The molecule has 1 N–H and O–H groups in total. The van der Waals surface area contributed by atoms with Crippen LogP contribution in [0, 0.1) is 22.7 Å². The van der Waals surface area contributed by atoms with Gasteiger partial charge in [-0.25, -0.2) is 0 Å². The van der Waals surface area contributed by atoms with E-state index < -0.39 is 0 Å². The van der Waals surface area contributed by atoms with Crippen LogP contribution in [0.3, 0.4) is 0 Å². The van der Waals surface area contributed by atoms with Gasteiger partial charge in [0.1, 0.15) is 34.5 Å². The number of fused-ring (bicyclic) bond motifs is 12. The van der Waals surface area contributed by atoms with E-state index in [1.807, 2.05) is 60.7 Å². The van der Waals surface area contributed by atoms with Crippen molar-refractivity contribution in [1.29, 1.82) is 10.5 Å². The zero-order valence-electron chi connectivity index (χ0n) is 53.0. The van der Waals surface area contributed by atoms with E-state index in [9.17, 15) is 10.5 Å². The number of benzene rings is 13. The van der Waals surface area contributed by atoms with Crippen molar-refractivity contribution in [1.82, 2.24) is 0 Å². The first kappa shape index (κ1) is 57.4. The monoisotopic (exact) mass is 1290 g/mol. The van der Waals surface area contributed by atoms with Crippen molar-refractivity contribution >= 4 is 179 Å². The van der Waals surface area contributed by atoms with Crippen molar-refractivity contribution in [3.63, 3.8) is 0 Å². The quantitative estimate of drug-likeness (QED) is 0.0983. The second kappa shape index (κ2) is 22.8. The predicted octanol–water partition coefficient (Wildman–Crippen LogP) is 15.2. The zero-order valence-corrected chi connectivity index (χ0v) is 54.6. The molecule has 6 heterocycles. The van der Waals surface area contributed by atoms with Crippen molar-refractivity contribution in [3.05, 3.63) is 290 Å². The van der Waals surface area contributed by atoms with Gasteiger partial charge in [0, 0.05) is 88.0 Å². The zero-order chi connectivity index (χ0) is 65.3. The topological polar surface area (TPSA) is 104 Å². The van der Waals surface area contributed by atoms with Gasteiger partial charge in [0.2, 0.25) is 0 Å². The highest BCUT2D eigenvalue weighted by Crippen LogP contribution is 2.50. The number of rotatable bonds is 11. The van der Waals surface area contributed by atoms with Crippen LogP contribution in [-0.4, -0.2) is 32.6 Å². The van der Waals surface area contributed by atoms with Crippen molar-refractivity contribution in [2.45, 2.75) is 0 Å². The lowest BCUT2D eigenvalue weighted by Crippen LogP contribution is -2.64. The highest BCUT2D eigenvalue weighted by molar-refractivity contribution is 8.00. The fourth-order valence-corrected chi connectivity index (χ4v) is 17.1. The Labute approximate surface area is 577 Å². The molecule has 0 fully saturated rings. The lowest BCUT2D eigenvalue weighted by Gasteiger charge is -2.43. The van der Waals surface area contributed by atoms with E-state index >= 15 is 0 Å². The smallest absolute Gasteiger partial charge is 0.256 e. The third-order valence-electron chi connectivity index (χ3n) is 19.7. The average molecular weight is 1290 g/mol. The highest BCUT2D eigenvalue weighted by atomic mass is 32.2. The van der Waals surface area contributed by atoms with Crippen LogP contribution in [-0.2, 0) is 0 Å². The molecule has 16 heteroatoms. The molecule has 11 nitrogen and oxygen atoms in total. The van der Waals surface area contributed by atoms with E-state index in [1.165, 1.54) is 0 Å². The summed E-state index contributed by atoms with van der Waals surface area (Å²) in [6.07, 6.45) is 4.28. The van der Waals surface area contributed by atoms with E-state index in [4.69, 9.17) is 14.2 Å². The minimum atomic E-state index is -0.368. The van der Waals surface area contributed by atoms with Gasteiger partial charge < -0.3 is 34.2 Å². The Hall–Kier alpha value is -12.1. The van der Waals surface area contributed by atoms with Crippen LogP contribution in [0.1, 0.15) is 11.1 Å². The number of anilines is 15. The Balaban J connectivity index is 0.854. The van der Waals surface area contributed by atoms with Gasteiger partial charge >= 0.3 is 0 Å². The molecule has 0 spiro atoms. The van der Waals surface area contributed by atoms with Crippen molar-refractivity contribution in [3.8, 4) is 46.6 Å². The van der Waals surface area contributed by atoms with E-state index in [0.29, 0.717) is 22.6 Å². The number of nitriles is 2. The largest absolute Gasteiger partial charge is 0.458 e. The summed E-state index contributed by atoms with van der Waals surface area (Å²) in [5.41, 5.74) is 24.9. The van der Waals surface area contributed by atoms with Gasteiger partial charge in [-0.15, -0.1) is 0 Å². The summed E-state index contributed by atoms with van der Waals surface area (Å²) >= 11 is 3.30. The van der Waals surface area contributed by atoms with Crippen LogP contribution >= 0.6 is 23.9 Å². The van der Waals surface area contributed by atoms with Gasteiger partial charge in [0.05, 0.1) is 57.4 Å². The molecule has 0 saturated carbocycles. The molecule has 6 aliphatic heterocycles. The molecule has 0 atom stereocenters. The first-order valence-corrected chi connectivity index (χ1v) is 34.9. The molecule has 460 valence electrons. The Morgan fingerprint density at radius 1 is 0.306 bits per heavy atom.